The largest absolute Gasteiger partial charge is 0.496 e. The van der Waals surface area contributed by atoms with Crippen LogP contribution in [-0.4, -0.2) is 26.9 Å². The summed E-state index contributed by atoms with van der Waals surface area (Å²) in [6.45, 7) is 0. The highest BCUT2D eigenvalue weighted by Crippen LogP contribution is 2.30. The van der Waals surface area contributed by atoms with Crippen LogP contribution in [0.3, 0.4) is 0 Å². The second-order valence-electron chi connectivity index (χ2n) is 5.08. The van der Waals surface area contributed by atoms with E-state index in [9.17, 15) is 0 Å². The lowest BCUT2D eigenvalue weighted by Crippen LogP contribution is -1.87. The van der Waals surface area contributed by atoms with Crippen molar-refractivity contribution in [2.75, 3.05) is 7.11 Å². The minimum atomic E-state index is 0.623. The first kappa shape index (κ1) is 14.8. The van der Waals surface area contributed by atoms with Gasteiger partial charge in [-0.05, 0) is 24.3 Å². The van der Waals surface area contributed by atoms with Crippen LogP contribution in [-0.2, 0) is 5.75 Å². The van der Waals surface area contributed by atoms with Crippen molar-refractivity contribution in [3.05, 3.63) is 60.5 Å². The number of pyridine rings is 1. The zero-order valence-corrected chi connectivity index (χ0v) is 13.7. The lowest BCUT2D eigenvalue weighted by atomic mass is 10.1. The summed E-state index contributed by atoms with van der Waals surface area (Å²) >= 11 is 1.55. The second-order valence-corrected chi connectivity index (χ2v) is 6.02. The molecule has 0 aliphatic carbocycles. The zero-order chi connectivity index (χ0) is 16.4. The van der Waals surface area contributed by atoms with Gasteiger partial charge in [0.05, 0.1) is 12.9 Å². The molecule has 0 fully saturated rings. The number of para-hydroxylation sites is 1. The summed E-state index contributed by atoms with van der Waals surface area (Å²) in [5.41, 5.74) is 2.49. The third-order valence-corrected chi connectivity index (χ3v) is 4.53. The van der Waals surface area contributed by atoms with Crippen molar-refractivity contribution in [3.63, 3.8) is 0 Å². The number of hydrogen-bond acceptors (Lipinski definition) is 6. The molecule has 0 unspecified atom stereocenters. The van der Waals surface area contributed by atoms with Gasteiger partial charge in [-0.2, -0.15) is 0 Å². The van der Waals surface area contributed by atoms with E-state index in [0.29, 0.717) is 5.75 Å². The molecule has 0 saturated carbocycles. The summed E-state index contributed by atoms with van der Waals surface area (Å²) in [5.74, 6) is 2.17. The van der Waals surface area contributed by atoms with Gasteiger partial charge < -0.3 is 9.26 Å². The average Bonchev–Trinajstić information content (AvgIpc) is 3.27. The van der Waals surface area contributed by atoms with E-state index in [4.69, 9.17) is 9.26 Å². The van der Waals surface area contributed by atoms with Crippen LogP contribution in [0.15, 0.2) is 64.4 Å². The van der Waals surface area contributed by atoms with Crippen molar-refractivity contribution in [1.29, 1.82) is 0 Å². The Morgan fingerprint density at radius 3 is 2.92 bits per heavy atom. The van der Waals surface area contributed by atoms with Gasteiger partial charge in [0, 0.05) is 17.8 Å². The van der Waals surface area contributed by atoms with Crippen LogP contribution in [0, 0.1) is 0 Å². The van der Waals surface area contributed by atoms with E-state index in [0.717, 1.165) is 33.6 Å². The van der Waals surface area contributed by atoms with Crippen LogP contribution in [0.1, 0.15) is 5.76 Å². The molecule has 3 heterocycles. The van der Waals surface area contributed by atoms with Gasteiger partial charge in [-0.15, -0.1) is 10.2 Å². The topological polar surface area (TPSA) is 65.5 Å². The first-order chi connectivity index (χ1) is 11.8. The molecule has 0 bridgehead atoms. The summed E-state index contributed by atoms with van der Waals surface area (Å²) < 4.78 is 12.8. The van der Waals surface area contributed by atoms with Crippen LogP contribution in [0.2, 0.25) is 0 Å². The quantitative estimate of drug-likeness (QED) is 0.517. The molecule has 4 aromatic rings. The van der Waals surface area contributed by atoms with E-state index in [1.165, 1.54) is 0 Å². The van der Waals surface area contributed by atoms with Gasteiger partial charge in [-0.25, -0.2) is 0 Å². The molecule has 7 heteroatoms. The lowest BCUT2D eigenvalue weighted by molar-refractivity contribution is 0.395. The van der Waals surface area contributed by atoms with Crippen LogP contribution >= 0.6 is 11.8 Å². The SMILES string of the molecule is COc1ccccc1-c1cc(CSc2nnc3ccccn23)on1. The number of hydrogen-bond donors (Lipinski definition) is 0. The monoisotopic (exact) mass is 338 g/mol. The zero-order valence-electron chi connectivity index (χ0n) is 12.9. The third-order valence-electron chi connectivity index (χ3n) is 3.57. The number of benzene rings is 1. The maximum atomic E-state index is 5.45. The van der Waals surface area contributed by atoms with Crippen LogP contribution in [0.25, 0.3) is 16.9 Å². The van der Waals surface area contributed by atoms with Crippen molar-refractivity contribution in [2.45, 2.75) is 10.9 Å². The Hall–Kier alpha value is -2.80. The van der Waals surface area contributed by atoms with Crippen LogP contribution in [0.5, 0.6) is 5.75 Å². The summed E-state index contributed by atoms with van der Waals surface area (Å²) in [6.07, 6.45) is 1.94. The standard InChI is InChI=1S/C17H14N4O2S/c1-22-15-7-3-2-6-13(15)14-10-12(23-20-14)11-24-17-19-18-16-8-4-5-9-21(16)17/h2-10H,11H2,1H3. The fourth-order valence-electron chi connectivity index (χ4n) is 2.42. The Labute approximate surface area is 142 Å². The number of aromatic nitrogens is 4. The number of rotatable bonds is 5. The van der Waals surface area contributed by atoms with E-state index >= 15 is 0 Å². The number of thioether (sulfide) groups is 1. The molecule has 0 amide bonds. The van der Waals surface area contributed by atoms with Gasteiger partial charge >= 0.3 is 0 Å². The minimum Gasteiger partial charge on any atom is -0.496 e. The molecule has 0 radical (unpaired) electrons. The Bertz CT molecular complexity index is 979. The first-order valence-electron chi connectivity index (χ1n) is 7.37. The molecule has 3 aromatic heterocycles. The Morgan fingerprint density at radius 2 is 2.00 bits per heavy atom. The molecule has 0 atom stereocenters. The summed E-state index contributed by atoms with van der Waals surface area (Å²) in [5, 5.41) is 13.3. The van der Waals surface area contributed by atoms with Gasteiger partial charge in [-0.1, -0.05) is 35.1 Å². The number of fused-ring (bicyclic) bond motifs is 1. The molecule has 6 nitrogen and oxygen atoms in total. The van der Waals surface area contributed by atoms with E-state index in [1.54, 1.807) is 18.9 Å². The lowest BCUT2D eigenvalue weighted by Gasteiger charge is -2.03. The van der Waals surface area contributed by atoms with E-state index < -0.39 is 0 Å². The maximum absolute atomic E-state index is 5.45. The smallest absolute Gasteiger partial charge is 0.196 e. The van der Waals surface area contributed by atoms with E-state index in [-0.39, 0.29) is 0 Å². The van der Waals surface area contributed by atoms with Crippen molar-refractivity contribution >= 4 is 17.4 Å². The van der Waals surface area contributed by atoms with Gasteiger partial charge in [0.2, 0.25) is 0 Å². The Morgan fingerprint density at radius 1 is 1.12 bits per heavy atom. The predicted octanol–water partition coefficient (Wildman–Crippen LogP) is 3.69. The molecular formula is C17H14N4O2S. The number of ether oxygens (including phenoxy) is 1. The van der Waals surface area contributed by atoms with Gasteiger partial charge in [0.1, 0.15) is 17.2 Å². The van der Waals surface area contributed by atoms with Crippen molar-refractivity contribution < 1.29 is 9.26 Å². The summed E-state index contributed by atoms with van der Waals surface area (Å²) in [6, 6.07) is 15.5. The Kier molecular flexibility index (Phi) is 3.92. The van der Waals surface area contributed by atoms with Crippen molar-refractivity contribution in [2.24, 2.45) is 0 Å². The van der Waals surface area contributed by atoms with Crippen LogP contribution < -0.4 is 4.74 Å². The van der Waals surface area contributed by atoms with E-state index in [1.807, 2.05) is 59.1 Å². The number of nitrogens with zero attached hydrogens (tertiary/aromatic N) is 4. The molecule has 1 aromatic carbocycles. The van der Waals surface area contributed by atoms with Crippen molar-refractivity contribution in [3.8, 4) is 17.0 Å². The molecule has 0 aliphatic rings. The highest BCUT2D eigenvalue weighted by molar-refractivity contribution is 7.98. The van der Waals surface area contributed by atoms with Gasteiger partial charge in [-0.3, -0.25) is 4.40 Å². The molecule has 0 N–H and O–H groups in total. The maximum Gasteiger partial charge on any atom is 0.196 e. The van der Waals surface area contributed by atoms with Crippen molar-refractivity contribution in [1.82, 2.24) is 19.8 Å². The molecule has 0 spiro atoms. The average molecular weight is 338 g/mol. The van der Waals surface area contributed by atoms with Gasteiger partial charge in [0.15, 0.2) is 10.8 Å². The summed E-state index contributed by atoms with van der Waals surface area (Å²) in [4.78, 5) is 0. The van der Waals surface area contributed by atoms with E-state index in [2.05, 4.69) is 15.4 Å². The fourth-order valence-corrected chi connectivity index (χ4v) is 3.22. The summed E-state index contributed by atoms with van der Waals surface area (Å²) in [7, 11) is 1.64. The highest BCUT2D eigenvalue weighted by Gasteiger charge is 2.12. The predicted molar refractivity (Wildman–Crippen MR) is 91.0 cm³/mol. The first-order valence-corrected chi connectivity index (χ1v) is 8.35. The molecule has 24 heavy (non-hydrogen) atoms. The normalized spacial score (nSPS) is 11.0. The fraction of sp³-hybridized carbons (Fsp3) is 0.118. The minimum absolute atomic E-state index is 0.623. The molecular weight excluding hydrogens is 324 g/mol. The third kappa shape index (κ3) is 2.74. The second kappa shape index (κ2) is 6.37. The van der Waals surface area contributed by atoms with Gasteiger partial charge in [0.25, 0.3) is 0 Å². The highest BCUT2D eigenvalue weighted by atomic mass is 32.2. The molecule has 120 valence electrons. The Balaban J connectivity index is 1.53. The molecule has 0 aliphatic heterocycles. The van der Waals surface area contributed by atoms with Crippen LogP contribution in [0.4, 0.5) is 0 Å². The molecule has 0 saturated heterocycles. The number of methoxy groups -OCH3 is 1. The molecule has 4 rings (SSSR count).